The summed E-state index contributed by atoms with van der Waals surface area (Å²) in [4.78, 5) is 32.5. The van der Waals surface area contributed by atoms with Gasteiger partial charge >= 0.3 is 5.97 Å². The maximum Gasteiger partial charge on any atom is 0.320 e. The third-order valence-corrected chi connectivity index (χ3v) is 7.65. The van der Waals surface area contributed by atoms with Crippen LogP contribution in [0.4, 0.5) is 0 Å². The molecule has 5 aromatic rings. The van der Waals surface area contributed by atoms with Crippen LogP contribution in [0.5, 0.6) is 0 Å². The molecule has 1 atom stereocenters. The predicted octanol–water partition coefficient (Wildman–Crippen LogP) is 3.56. The third-order valence-electron chi connectivity index (χ3n) is 6.74. The van der Waals surface area contributed by atoms with Gasteiger partial charge in [-0.15, -0.1) is 11.3 Å². The monoisotopic (exact) mass is 586 g/mol. The van der Waals surface area contributed by atoms with Crippen LogP contribution in [0.3, 0.4) is 0 Å². The fourth-order valence-electron chi connectivity index (χ4n) is 4.17. The van der Waals surface area contributed by atoms with Crippen molar-refractivity contribution in [2.45, 2.75) is 39.1 Å². The normalized spacial score (nSPS) is 12.0. The summed E-state index contributed by atoms with van der Waals surface area (Å²) in [5.74, 6) is -0.842. The number of fused-ring (bicyclic) bond motifs is 1. The first-order chi connectivity index (χ1) is 20.5. The van der Waals surface area contributed by atoms with Crippen molar-refractivity contribution in [3.05, 3.63) is 117 Å². The maximum absolute atomic E-state index is 11.0. The Kier molecular flexibility index (Phi) is 12.3. The molecular weight excluding hydrogens is 548 g/mol. The second kappa shape index (κ2) is 16.6. The van der Waals surface area contributed by atoms with Crippen LogP contribution >= 0.6 is 11.3 Å². The van der Waals surface area contributed by atoms with Gasteiger partial charge in [-0.3, -0.25) is 24.5 Å². The lowest BCUT2D eigenvalue weighted by atomic mass is 10.1. The summed E-state index contributed by atoms with van der Waals surface area (Å²) in [6.07, 6.45) is 3.64. The molecule has 0 saturated heterocycles. The number of carboxylic acids is 1. The molecule has 3 heterocycles. The summed E-state index contributed by atoms with van der Waals surface area (Å²) in [5, 5.41) is 21.9. The number of pyridine rings is 2. The van der Waals surface area contributed by atoms with Crippen LogP contribution < -0.4 is 21.4 Å². The second-order valence-electron chi connectivity index (χ2n) is 10.0. The zero-order valence-electron chi connectivity index (χ0n) is 23.8. The molecule has 10 heteroatoms. The lowest BCUT2D eigenvalue weighted by Crippen LogP contribution is -2.36. The van der Waals surface area contributed by atoms with E-state index in [2.05, 4.69) is 55.1 Å². The van der Waals surface area contributed by atoms with E-state index in [0.29, 0.717) is 6.54 Å². The summed E-state index contributed by atoms with van der Waals surface area (Å²) < 4.78 is 0.958. The van der Waals surface area contributed by atoms with E-state index >= 15 is 0 Å². The van der Waals surface area contributed by atoms with Gasteiger partial charge in [0.25, 0.3) is 0 Å². The number of nitrogens with one attached hydrogen (secondary N) is 3. The molecule has 2 aromatic carbocycles. The Morgan fingerprint density at radius 2 is 1.45 bits per heavy atom. The van der Waals surface area contributed by atoms with E-state index in [9.17, 15) is 9.59 Å². The van der Waals surface area contributed by atoms with Crippen molar-refractivity contribution >= 4 is 27.4 Å². The number of rotatable bonds is 16. The van der Waals surface area contributed by atoms with E-state index in [1.54, 1.807) is 6.92 Å². The highest BCUT2D eigenvalue weighted by Crippen LogP contribution is 2.20. The minimum absolute atomic E-state index is 0.257. The van der Waals surface area contributed by atoms with Gasteiger partial charge in [-0.1, -0.05) is 36.4 Å². The molecule has 0 amide bonds. The number of aliphatic carboxylic acids is 1. The fraction of sp³-hybridized carbons (Fsp3) is 0.312. The fourth-order valence-corrected chi connectivity index (χ4v) is 4.96. The first-order valence-electron chi connectivity index (χ1n) is 14.1. The van der Waals surface area contributed by atoms with Gasteiger partial charge < -0.3 is 21.1 Å². The van der Waals surface area contributed by atoms with Gasteiger partial charge in [-0.25, -0.2) is 0 Å². The van der Waals surface area contributed by atoms with Crippen molar-refractivity contribution in [3.8, 4) is 0 Å². The average molecular weight is 587 g/mol. The molecule has 0 aliphatic heterocycles. The maximum atomic E-state index is 11.0. The SMILES string of the molecule is CC(NCc1ccc(CN(CCNCc2ccccn2)CCNCc2ccccn2)cc1)C(=O)O.O=c1c2ccsc12. The van der Waals surface area contributed by atoms with Crippen LogP contribution in [0, 0.1) is 0 Å². The van der Waals surface area contributed by atoms with E-state index in [1.807, 2.05) is 60.2 Å². The van der Waals surface area contributed by atoms with Gasteiger partial charge in [0.1, 0.15) is 6.04 Å². The Hall–Kier alpha value is -3.80. The van der Waals surface area contributed by atoms with E-state index in [1.165, 1.54) is 16.9 Å². The number of nitrogens with zero attached hydrogens (tertiary/aromatic N) is 3. The molecule has 0 radical (unpaired) electrons. The third kappa shape index (κ3) is 10.6. The molecule has 4 N–H and O–H groups in total. The molecule has 0 fully saturated rings. The number of aromatic nitrogens is 2. The molecule has 1 unspecified atom stereocenters. The van der Waals surface area contributed by atoms with Crippen molar-refractivity contribution in [1.29, 1.82) is 0 Å². The number of carbonyl (C=O) groups is 1. The van der Waals surface area contributed by atoms with Crippen LogP contribution in [0.1, 0.15) is 29.4 Å². The van der Waals surface area contributed by atoms with Crippen LogP contribution in [-0.4, -0.2) is 58.2 Å². The van der Waals surface area contributed by atoms with E-state index < -0.39 is 12.0 Å². The molecule has 9 nitrogen and oxygen atoms in total. The molecule has 0 aliphatic rings. The summed E-state index contributed by atoms with van der Waals surface area (Å²) in [6, 6.07) is 21.6. The van der Waals surface area contributed by atoms with Crippen LogP contribution in [0.25, 0.3) is 10.1 Å². The molecule has 0 bridgehead atoms. The number of hydrogen-bond acceptors (Lipinski definition) is 9. The number of thiophene rings is 1. The zero-order valence-corrected chi connectivity index (χ0v) is 24.6. The van der Waals surface area contributed by atoms with Crippen LogP contribution in [0.2, 0.25) is 0 Å². The van der Waals surface area contributed by atoms with Gasteiger partial charge in [0.2, 0.25) is 5.43 Å². The molecule has 3 aromatic heterocycles. The standard InChI is InChI=1S/C27H36N6O2.C5H2OS/c1-22(27(34)35)32-18-23-8-10-24(11-9-23)21-33(16-14-28-19-25-6-2-4-12-30-25)17-15-29-20-26-7-3-5-13-31-26;6-4-3-1-2-7-5(3)4/h2-13,22,28-29,32H,14-21H2,1H3,(H,34,35);1-2H. The Bertz CT molecular complexity index is 1410. The van der Waals surface area contributed by atoms with Crippen molar-refractivity contribution < 1.29 is 9.90 Å². The summed E-state index contributed by atoms with van der Waals surface area (Å²) in [6.45, 7) is 8.10. The van der Waals surface area contributed by atoms with Crippen molar-refractivity contribution in [2.24, 2.45) is 0 Å². The van der Waals surface area contributed by atoms with E-state index in [4.69, 9.17) is 5.11 Å². The lowest BCUT2D eigenvalue weighted by Gasteiger charge is -2.23. The first kappa shape index (κ1) is 31.1. The highest BCUT2D eigenvalue weighted by Gasteiger charge is 2.11. The summed E-state index contributed by atoms with van der Waals surface area (Å²) in [5.41, 5.74) is 4.64. The van der Waals surface area contributed by atoms with E-state index in [0.717, 1.165) is 72.9 Å². The Balaban J connectivity index is 0.000000496. The van der Waals surface area contributed by atoms with E-state index in [-0.39, 0.29) is 5.43 Å². The first-order valence-corrected chi connectivity index (χ1v) is 15.0. The highest BCUT2D eigenvalue weighted by molar-refractivity contribution is 7.18. The average Bonchev–Trinajstić information content (AvgIpc) is 3.37. The molecule has 5 rings (SSSR count). The molecular formula is C32H38N6O3S. The van der Waals surface area contributed by atoms with Gasteiger partial charge in [-0.2, -0.15) is 0 Å². The molecule has 0 spiro atoms. The topological polar surface area (TPSA) is 119 Å². The van der Waals surface area contributed by atoms with Crippen molar-refractivity contribution in [2.75, 3.05) is 26.2 Å². The Morgan fingerprint density at radius 1 is 0.857 bits per heavy atom. The lowest BCUT2D eigenvalue weighted by molar-refractivity contribution is -0.139. The quantitative estimate of drug-likeness (QED) is 0.129. The van der Waals surface area contributed by atoms with Crippen molar-refractivity contribution in [3.63, 3.8) is 0 Å². The highest BCUT2D eigenvalue weighted by atomic mass is 32.1. The Morgan fingerprint density at radius 3 is 1.90 bits per heavy atom. The molecule has 220 valence electrons. The van der Waals surface area contributed by atoms with Gasteiger partial charge in [0, 0.05) is 70.1 Å². The summed E-state index contributed by atoms with van der Waals surface area (Å²) >= 11 is 1.53. The smallest absolute Gasteiger partial charge is 0.320 e. The molecule has 42 heavy (non-hydrogen) atoms. The van der Waals surface area contributed by atoms with Gasteiger partial charge in [0.05, 0.1) is 16.1 Å². The zero-order chi connectivity index (χ0) is 29.6. The van der Waals surface area contributed by atoms with Crippen LogP contribution in [-0.2, 0) is 31.0 Å². The molecule has 0 aliphatic carbocycles. The predicted molar refractivity (Wildman–Crippen MR) is 168 cm³/mol. The van der Waals surface area contributed by atoms with Crippen LogP contribution in [0.15, 0.2) is 89.3 Å². The number of carboxylic acid groups (broad SMARTS) is 1. The molecule has 0 saturated carbocycles. The number of hydrogen-bond donors (Lipinski definition) is 4. The largest absolute Gasteiger partial charge is 0.480 e. The van der Waals surface area contributed by atoms with Gasteiger partial charge in [-0.05, 0) is 53.8 Å². The number of benzene rings is 1. The minimum Gasteiger partial charge on any atom is -0.480 e. The summed E-state index contributed by atoms with van der Waals surface area (Å²) in [7, 11) is 0. The second-order valence-corrected chi connectivity index (χ2v) is 10.9. The van der Waals surface area contributed by atoms with Gasteiger partial charge in [0.15, 0.2) is 0 Å². The minimum atomic E-state index is -0.842. The Labute approximate surface area is 250 Å². The van der Waals surface area contributed by atoms with Crippen molar-refractivity contribution in [1.82, 2.24) is 30.8 Å².